The lowest BCUT2D eigenvalue weighted by Gasteiger charge is -2.38. The summed E-state index contributed by atoms with van der Waals surface area (Å²) in [7, 11) is 3.06. The summed E-state index contributed by atoms with van der Waals surface area (Å²) in [5.41, 5.74) is 8.81. The number of rotatable bonds is 8. The maximum Gasteiger partial charge on any atom is 0.255 e. The third-order valence-electron chi connectivity index (χ3n) is 6.75. The van der Waals surface area contributed by atoms with Crippen molar-refractivity contribution < 1.29 is 19.1 Å². The van der Waals surface area contributed by atoms with Crippen molar-refractivity contribution in [2.45, 2.75) is 44.3 Å². The van der Waals surface area contributed by atoms with Gasteiger partial charge in [0.05, 0.1) is 14.2 Å². The summed E-state index contributed by atoms with van der Waals surface area (Å²) in [5, 5.41) is 3.43. The van der Waals surface area contributed by atoms with Gasteiger partial charge in [-0.2, -0.15) is 0 Å². The Labute approximate surface area is 222 Å². The molecule has 3 aromatic carbocycles. The first-order valence-corrected chi connectivity index (χ1v) is 12.7. The minimum Gasteiger partial charge on any atom is -0.493 e. The lowest BCUT2D eigenvalue weighted by molar-refractivity contribution is 0.0583. The minimum absolute atomic E-state index is 0.0845. The molecule has 0 saturated heterocycles. The number of hydrogen-bond acceptors (Lipinski definition) is 5. The molecule has 0 radical (unpaired) electrons. The highest BCUT2D eigenvalue weighted by atomic mass is 35.5. The van der Waals surface area contributed by atoms with Crippen molar-refractivity contribution >= 4 is 29.1 Å². The Morgan fingerprint density at radius 2 is 1.68 bits per heavy atom. The van der Waals surface area contributed by atoms with Crippen molar-refractivity contribution in [1.29, 1.82) is 0 Å². The summed E-state index contributed by atoms with van der Waals surface area (Å²) in [6.45, 7) is 0.283. The van der Waals surface area contributed by atoms with Gasteiger partial charge in [-0.15, -0.1) is 0 Å². The highest BCUT2D eigenvalue weighted by Crippen LogP contribution is 2.30. The predicted molar refractivity (Wildman–Crippen MR) is 145 cm³/mol. The Balaban J connectivity index is 1.59. The predicted octanol–water partition coefficient (Wildman–Crippen LogP) is 5.52. The molecule has 0 aliphatic heterocycles. The molecule has 3 aromatic rings. The number of benzene rings is 3. The minimum atomic E-state index is -0.305. The molecule has 1 saturated carbocycles. The fraction of sp³-hybridized carbons (Fsp3) is 0.310. The number of nitrogens with zero attached hydrogens (tertiary/aromatic N) is 1. The monoisotopic (exact) mass is 521 g/mol. The first-order chi connectivity index (χ1) is 17.9. The van der Waals surface area contributed by atoms with Gasteiger partial charge in [0.25, 0.3) is 11.8 Å². The van der Waals surface area contributed by atoms with E-state index in [1.165, 1.54) is 7.11 Å². The molecule has 8 heteroatoms. The van der Waals surface area contributed by atoms with Crippen LogP contribution in [-0.2, 0) is 6.54 Å². The Kier molecular flexibility index (Phi) is 8.69. The van der Waals surface area contributed by atoms with Crippen LogP contribution in [0.3, 0.4) is 0 Å². The molecule has 3 N–H and O–H groups in total. The van der Waals surface area contributed by atoms with E-state index in [2.05, 4.69) is 5.32 Å². The van der Waals surface area contributed by atoms with Crippen molar-refractivity contribution in [1.82, 2.24) is 4.90 Å². The van der Waals surface area contributed by atoms with Crippen LogP contribution in [0.25, 0.3) is 0 Å². The zero-order chi connectivity index (χ0) is 26.4. The first-order valence-electron chi connectivity index (χ1n) is 12.3. The van der Waals surface area contributed by atoms with Gasteiger partial charge in [0.1, 0.15) is 0 Å². The SMILES string of the molecule is COc1ccc(C(=O)Nc2ccc(Cl)c(CN(C(=O)c3ccccc3)C3CCCCC3N)c2)cc1OC. The van der Waals surface area contributed by atoms with Gasteiger partial charge < -0.3 is 25.4 Å². The molecule has 1 aliphatic rings. The molecule has 4 rings (SSSR count). The average molecular weight is 522 g/mol. The van der Waals surface area contributed by atoms with E-state index < -0.39 is 0 Å². The molecule has 37 heavy (non-hydrogen) atoms. The lowest BCUT2D eigenvalue weighted by atomic mass is 9.89. The summed E-state index contributed by atoms with van der Waals surface area (Å²) in [4.78, 5) is 28.4. The second-order valence-corrected chi connectivity index (χ2v) is 9.55. The van der Waals surface area contributed by atoms with Crippen LogP contribution in [0.2, 0.25) is 5.02 Å². The van der Waals surface area contributed by atoms with Crippen molar-refractivity contribution in [3.63, 3.8) is 0 Å². The van der Waals surface area contributed by atoms with Crippen LogP contribution in [0.5, 0.6) is 11.5 Å². The van der Waals surface area contributed by atoms with Gasteiger partial charge in [-0.3, -0.25) is 9.59 Å². The molecular formula is C29H32ClN3O4. The van der Waals surface area contributed by atoms with E-state index in [4.69, 9.17) is 26.8 Å². The standard InChI is InChI=1S/C29H32ClN3O4/c1-36-26-15-12-20(17-27(26)37-2)28(34)32-22-13-14-23(30)21(16-22)18-33(25-11-7-6-10-24(25)31)29(35)19-8-4-3-5-9-19/h3-5,8-9,12-17,24-25H,6-7,10-11,18,31H2,1-2H3,(H,32,34). The van der Waals surface area contributed by atoms with E-state index in [-0.39, 0.29) is 30.4 Å². The Morgan fingerprint density at radius 1 is 0.946 bits per heavy atom. The van der Waals surface area contributed by atoms with Crippen LogP contribution in [0.1, 0.15) is 52.0 Å². The first kappa shape index (κ1) is 26.5. The number of carbonyl (C=O) groups excluding carboxylic acids is 2. The summed E-state index contributed by atoms with van der Waals surface area (Å²) >= 11 is 6.58. The van der Waals surface area contributed by atoms with Crippen molar-refractivity contribution in [3.05, 3.63) is 88.4 Å². The number of hydrogen-bond donors (Lipinski definition) is 2. The molecule has 7 nitrogen and oxygen atoms in total. The summed E-state index contributed by atoms with van der Waals surface area (Å²) < 4.78 is 10.6. The number of amides is 2. The number of ether oxygens (including phenoxy) is 2. The van der Waals surface area contributed by atoms with E-state index in [1.54, 1.807) is 43.5 Å². The van der Waals surface area contributed by atoms with E-state index in [1.807, 2.05) is 35.2 Å². The Bertz CT molecular complexity index is 1250. The largest absolute Gasteiger partial charge is 0.493 e. The van der Waals surface area contributed by atoms with Gasteiger partial charge in [-0.05, 0) is 66.9 Å². The van der Waals surface area contributed by atoms with Gasteiger partial charge in [0.2, 0.25) is 0 Å². The van der Waals surface area contributed by atoms with Crippen LogP contribution in [0.15, 0.2) is 66.7 Å². The second kappa shape index (κ2) is 12.1. The van der Waals surface area contributed by atoms with Crippen molar-refractivity contribution in [3.8, 4) is 11.5 Å². The molecule has 194 valence electrons. The molecule has 0 spiro atoms. The maximum atomic E-state index is 13.6. The van der Waals surface area contributed by atoms with E-state index in [9.17, 15) is 9.59 Å². The molecule has 0 aromatic heterocycles. The fourth-order valence-corrected chi connectivity index (χ4v) is 4.93. The zero-order valence-electron chi connectivity index (χ0n) is 21.1. The molecule has 2 atom stereocenters. The molecule has 1 fully saturated rings. The average Bonchev–Trinajstić information content (AvgIpc) is 2.93. The van der Waals surface area contributed by atoms with Gasteiger partial charge in [-0.25, -0.2) is 0 Å². The highest BCUT2D eigenvalue weighted by molar-refractivity contribution is 6.31. The summed E-state index contributed by atoms with van der Waals surface area (Å²) in [5.74, 6) is 0.613. The topological polar surface area (TPSA) is 93.9 Å². The van der Waals surface area contributed by atoms with Crippen LogP contribution in [0, 0.1) is 0 Å². The molecule has 0 heterocycles. The summed E-state index contributed by atoms with van der Waals surface area (Å²) in [6, 6.07) is 19.2. The molecule has 1 aliphatic carbocycles. The van der Waals surface area contributed by atoms with Gasteiger partial charge in [0.15, 0.2) is 11.5 Å². The third kappa shape index (κ3) is 6.24. The molecular weight excluding hydrogens is 490 g/mol. The number of nitrogens with two attached hydrogens (primary N) is 1. The van der Waals surface area contributed by atoms with Crippen molar-refractivity contribution in [2.75, 3.05) is 19.5 Å². The Hall–Kier alpha value is -3.55. The molecule has 0 bridgehead atoms. The van der Waals surface area contributed by atoms with E-state index >= 15 is 0 Å². The van der Waals surface area contributed by atoms with E-state index in [0.29, 0.717) is 33.3 Å². The van der Waals surface area contributed by atoms with Crippen LogP contribution in [-0.4, -0.2) is 43.0 Å². The number of carbonyl (C=O) groups is 2. The normalized spacial score (nSPS) is 17.1. The third-order valence-corrected chi connectivity index (χ3v) is 7.12. The smallest absolute Gasteiger partial charge is 0.255 e. The van der Waals surface area contributed by atoms with Crippen molar-refractivity contribution in [2.24, 2.45) is 5.73 Å². The van der Waals surface area contributed by atoms with Crippen LogP contribution >= 0.6 is 11.6 Å². The fourth-order valence-electron chi connectivity index (χ4n) is 4.75. The quantitative estimate of drug-likeness (QED) is 0.407. The number of halogens is 1. The van der Waals surface area contributed by atoms with Crippen LogP contribution < -0.4 is 20.5 Å². The second-order valence-electron chi connectivity index (χ2n) is 9.14. The highest BCUT2D eigenvalue weighted by Gasteiger charge is 2.32. The summed E-state index contributed by atoms with van der Waals surface area (Å²) in [6.07, 6.45) is 3.79. The van der Waals surface area contributed by atoms with Gasteiger partial charge >= 0.3 is 0 Å². The molecule has 2 unspecified atom stereocenters. The lowest BCUT2D eigenvalue weighted by Crippen LogP contribution is -2.51. The zero-order valence-corrected chi connectivity index (χ0v) is 21.8. The van der Waals surface area contributed by atoms with E-state index in [0.717, 1.165) is 31.2 Å². The maximum absolute atomic E-state index is 13.6. The number of nitrogens with one attached hydrogen (secondary N) is 1. The Morgan fingerprint density at radius 3 is 2.38 bits per heavy atom. The number of anilines is 1. The molecule has 2 amide bonds. The van der Waals surface area contributed by atoms with Gasteiger partial charge in [-0.1, -0.05) is 42.6 Å². The van der Waals surface area contributed by atoms with Crippen LogP contribution in [0.4, 0.5) is 5.69 Å². The number of methoxy groups -OCH3 is 2. The van der Waals surface area contributed by atoms with Gasteiger partial charge in [0, 0.05) is 40.5 Å².